The van der Waals surface area contributed by atoms with Crippen molar-refractivity contribution >= 4 is 29.2 Å². The Hall–Kier alpha value is -2.73. The van der Waals surface area contributed by atoms with Crippen molar-refractivity contribution in [3.8, 4) is 6.07 Å². The molecule has 0 saturated heterocycles. The summed E-state index contributed by atoms with van der Waals surface area (Å²) in [5.74, 6) is -1.65. The van der Waals surface area contributed by atoms with Gasteiger partial charge in [0.1, 0.15) is 11.6 Å². The Morgan fingerprint density at radius 3 is 2.56 bits per heavy atom. The number of anilines is 1. The number of aliphatic carboxylic acids is 1. The molecule has 0 heterocycles. The van der Waals surface area contributed by atoms with Gasteiger partial charge in [-0.05, 0) is 31.0 Å². The SMILES string of the molecule is N#C/C(=C/Nc1ccc(Cl)cc1C(F)(F)F)C(=O)NCCCCCC(=O)O. The molecule has 0 spiro atoms. The number of carboxylic acid groups (broad SMARTS) is 1. The third-order valence-corrected chi connectivity index (χ3v) is 3.61. The predicted molar refractivity (Wildman–Crippen MR) is 92.9 cm³/mol. The Morgan fingerprint density at radius 1 is 1.26 bits per heavy atom. The minimum absolute atomic E-state index is 0.0316. The maximum Gasteiger partial charge on any atom is 0.418 e. The minimum atomic E-state index is -4.66. The molecule has 0 aromatic heterocycles. The van der Waals surface area contributed by atoms with Gasteiger partial charge in [-0.1, -0.05) is 18.0 Å². The highest BCUT2D eigenvalue weighted by Gasteiger charge is 2.33. The first-order chi connectivity index (χ1) is 12.6. The van der Waals surface area contributed by atoms with Crippen molar-refractivity contribution in [2.75, 3.05) is 11.9 Å². The topological polar surface area (TPSA) is 102 Å². The molecule has 0 fully saturated rings. The van der Waals surface area contributed by atoms with Crippen molar-refractivity contribution in [3.05, 3.63) is 40.6 Å². The molecule has 1 aromatic rings. The van der Waals surface area contributed by atoms with Gasteiger partial charge in [0.05, 0.1) is 11.3 Å². The van der Waals surface area contributed by atoms with Gasteiger partial charge in [-0.25, -0.2) is 0 Å². The van der Waals surface area contributed by atoms with E-state index in [9.17, 15) is 22.8 Å². The zero-order valence-electron chi connectivity index (χ0n) is 14.1. The number of halogens is 4. The number of carbonyl (C=O) groups excluding carboxylic acids is 1. The number of amides is 1. The van der Waals surface area contributed by atoms with E-state index in [4.69, 9.17) is 22.0 Å². The summed E-state index contributed by atoms with van der Waals surface area (Å²) >= 11 is 5.58. The summed E-state index contributed by atoms with van der Waals surface area (Å²) in [6, 6.07) is 4.69. The fourth-order valence-corrected chi connectivity index (χ4v) is 2.22. The number of carboxylic acids is 1. The monoisotopic (exact) mass is 403 g/mol. The first-order valence-electron chi connectivity index (χ1n) is 7.88. The van der Waals surface area contributed by atoms with Crippen LogP contribution in [0, 0.1) is 11.3 Å². The number of nitrogens with one attached hydrogen (secondary N) is 2. The molecule has 0 aliphatic heterocycles. The first kappa shape index (κ1) is 22.3. The van der Waals surface area contributed by atoms with Gasteiger partial charge in [-0.15, -0.1) is 0 Å². The van der Waals surface area contributed by atoms with Gasteiger partial charge < -0.3 is 15.7 Å². The average Bonchev–Trinajstić information content (AvgIpc) is 2.58. The maximum absolute atomic E-state index is 13.0. The van der Waals surface area contributed by atoms with E-state index < -0.39 is 29.2 Å². The molecule has 10 heteroatoms. The van der Waals surface area contributed by atoms with Crippen LogP contribution in [0.1, 0.15) is 31.2 Å². The first-order valence-corrected chi connectivity index (χ1v) is 8.26. The number of carbonyl (C=O) groups is 2. The van der Waals surface area contributed by atoms with E-state index in [1.165, 1.54) is 6.07 Å². The van der Waals surface area contributed by atoms with E-state index in [1.807, 2.05) is 0 Å². The summed E-state index contributed by atoms with van der Waals surface area (Å²) in [5.41, 5.74) is -1.77. The van der Waals surface area contributed by atoms with Gasteiger partial charge in [0.15, 0.2) is 0 Å². The van der Waals surface area contributed by atoms with Crippen molar-refractivity contribution in [2.45, 2.75) is 31.9 Å². The average molecular weight is 404 g/mol. The highest BCUT2D eigenvalue weighted by Crippen LogP contribution is 2.36. The lowest BCUT2D eigenvalue weighted by atomic mass is 10.1. The normalized spacial score (nSPS) is 11.6. The van der Waals surface area contributed by atoms with Crippen molar-refractivity contribution in [1.29, 1.82) is 5.26 Å². The zero-order valence-corrected chi connectivity index (χ0v) is 14.8. The van der Waals surface area contributed by atoms with E-state index in [1.54, 1.807) is 6.07 Å². The lowest BCUT2D eigenvalue weighted by Crippen LogP contribution is -2.26. The Bertz CT molecular complexity index is 758. The molecule has 3 N–H and O–H groups in total. The molecule has 0 radical (unpaired) electrons. The fourth-order valence-electron chi connectivity index (χ4n) is 2.05. The van der Waals surface area contributed by atoms with E-state index in [-0.39, 0.29) is 23.7 Å². The van der Waals surface area contributed by atoms with Gasteiger partial charge in [-0.2, -0.15) is 18.4 Å². The predicted octanol–water partition coefficient (Wildman–Crippen LogP) is 3.94. The summed E-state index contributed by atoms with van der Waals surface area (Å²) < 4.78 is 39.0. The quantitative estimate of drug-likeness (QED) is 0.329. The summed E-state index contributed by atoms with van der Waals surface area (Å²) in [5, 5.41) is 22.2. The van der Waals surface area contributed by atoms with E-state index in [0.29, 0.717) is 19.3 Å². The third-order valence-electron chi connectivity index (χ3n) is 3.38. The number of hydrogen-bond donors (Lipinski definition) is 3. The van der Waals surface area contributed by atoms with Crippen LogP contribution in [0.4, 0.5) is 18.9 Å². The van der Waals surface area contributed by atoms with Gasteiger partial charge in [0.25, 0.3) is 5.91 Å². The molecule has 1 amide bonds. The molecular formula is C17H17ClF3N3O3. The number of rotatable bonds is 9. The lowest BCUT2D eigenvalue weighted by molar-refractivity contribution is -0.138. The Kier molecular flexibility index (Phi) is 8.62. The Labute approximate surface area is 158 Å². The van der Waals surface area contributed by atoms with Crippen molar-refractivity contribution < 1.29 is 27.9 Å². The maximum atomic E-state index is 13.0. The molecule has 27 heavy (non-hydrogen) atoms. The van der Waals surface area contributed by atoms with Crippen LogP contribution in [-0.2, 0) is 15.8 Å². The zero-order chi connectivity index (χ0) is 20.4. The summed E-state index contributed by atoms with van der Waals surface area (Å²) in [6.07, 6.45) is -2.19. The highest BCUT2D eigenvalue weighted by atomic mass is 35.5. The second-order valence-corrected chi connectivity index (χ2v) is 5.90. The van der Waals surface area contributed by atoms with Crippen LogP contribution in [0.3, 0.4) is 0 Å². The van der Waals surface area contributed by atoms with E-state index in [2.05, 4.69) is 10.6 Å². The number of unbranched alkanes of at least 4 members (excludes halogenated alkanes) is 2. The molecule has 0 aliphatic carbocycles. The second kappa shape index (κ2) is 10.4. The van der Waals surface area contributed by atoms with Crippen LogP contribution >= 0.6 is 11.6 Å². The van der Waals surface area contributed by atoms with Crippen molar-refractivity contribution in [1.82, 2.24) is 5.32 Å². The molecule has 0 unspecified atom stereocenters. The molecule has 146 valence electrons. The fraction of sp³-hybridized carbons (Fsp3) is 0.353. The van der Waals surface area contributed by atoms with Gasteiger partial charge in [-0.3, -0.25) is 9.59 Å². The number of nitrogens with zero attached hydrogens (tertiary/aromatic N) is 1. The number of hydrogen-bond acceptors (Lipinski definition) is 4. The standard InChI is InChI=1S/C17H17ClF3N3O3/c18-12-5-6-14(13(8-12)17(19,20)21)24-10-11(9-22)16(27)23-7-3-1-2-4-15(25)26/h5-6,8,10,24H,1-4,7H2,(H,23,27)(H,25,26)/b11-10-. The molecule has 0 aliphatic rings. The van der Waals surface area contributed by atoms with Crippen LogP contribution in [0.25, 0.3) is 0 Å². The van der Waals surface area contributed by atoms with Gasteiger partial charge in [0.2, 0.25) is 0 Å². The number of benzene rings is 1. The molecule has 0 bridgehead atoms. The van der Waals surface area contributed by atoms with E-state index in [0.717, 1.165) is 18.3 Å². The van der Waals surface area contributed by atoms with Crippen LogP contribution < -0.4 is 10.6 Å². The second-order valence-electron chi connectivity index (χ2n) is 5.46. The molecule has 1 aromatic carbocycles. The summed E-state index contributed by atoms with van der Waals surface area (Å²) in [6.45, 7) is 0.215. The van der Waals surface area contributed by atoms with Crippen LogP contribution in [-0.4, -0.2) is 23.5 Å². The van der Waals surface area contributed by atoms with Gasteiger partial charge >= 0.3 is 12.1 Å². The van der Waals surface area contributed by atoms with Crippen molar-refractivity contribution in [2.24, 2.45) is 0 Å². The highest BCUT2D eigenvalue weighted by molar-refractivity contribution is 6.30. The number of nitriles is 1. The van der Waals surface area contributed by atoms with Crippen LogP contribution in [0.15, 0.2) is 30.0 Å². The van der Waals surface area contributed by atoms with Crippen LogP contribution in [0.5, 0.6) is 0 Å². The molecule has 1 rings (SSSR count). The lowest BCUT2D eigenvalue weighted by Gasteiger charge is -2.13. The van der Waals surface area contributed by atoms with Crippen LogP contribution in [0.2, 0.25) is 5.02 Å². The largest absolute Gasteiger partial charge is 0.481 e. The van der Waals surface area contributed by atoms with Crippen molar-refractivity contribution in [3.63, 3.8) is 0 Å². The molecular weight excluding hydrogens is 387 g/mol. The smallest absolute Gasteiger partial charge is 0.418 e. The molecule has 0 saturated carbocycles. The Morgan fingerprint density at radius 2 is 1.96 bits per heavy atom. The Balaban J connectivity index is 2.67. The third kappa shape index (κ3) is 8.00. The number of alkyl halides is 3. The molecule has 6 nitrogen and oxygen atoms in total. The summed E-state index contributed by atoms with van der Waals surface area (Å²) in [7, 11) is 0. The van der Waals surface area contributed by atoms with Gasteiger partial charge in [0, 0.05) is 24.2 Å². The summed E-state index contributed by atoms with van der Waals surface area (Å²) in [4.78, 5) is 22.3. The minimum Gasteiger partial charge on any atom is -0.481 e. The molecule has 0 atom stereocenters. The van der Waals surface area contributed by atoms with E-state index >= 15 is 0 Å².